The van der Waals surface area contributed by atoms with Gasteiger partial charge in [0.15, 0.2) is 0 Å². The summed E-state index contributed by atoms with van der Waals surface area (Å²) in [6.45, 7) is 3.45. The molecule has 0 heterocycles. The van der Waals surface area contributed by atoms with Gasteiger partial charge in [-0.05, 0) is 32.8 Å². The van der Waals surface area contributed by atoms with Crippen LogP contribution in [0.2, 0.25) is 0 Å². The van der Waals surface area contributed by atoms with Gasteiger partial charge in [0.1, 0.15) is 0 Å². The van der Waals surface area contributed by atoms with Gasteiger partial charge in [-0.15, -0.1) is 6.58 Å². The Bertz CT molecular complexity index is 174. The van der Waals surface area contributed by atoms with Gasteiger partial charge in [0.25, 0.3) is 0 Å². The Morgan fingerprint density at radius 3 is 2.50 bits per heavy atom. The molecule has 0 aliphatic heterocycles. The second kappa shape index (κ2) is 6.76. The smallest absolute Gasteiger partial charge is 0.769 e. The summed E-state index contributed by atoms with van der Waals surface area (Å²) in [6, 6.07) is 0. The Balaban J connectivity index is 0. The molecule has 0 fully saturated rings. The normalized spacial score (nSPS) is 14.9. The van der Waals surface area contributed by atoms with Gasteiger partial charge in [0.2, 0.25) is 0 Å². The predicted octanol–water partition coefficient (Wildman–Crippen LogP) is -2.17. The quantitative estimate of drug-likeness (QED) is 0.286. The fraction of sp³-hybridized carbons (Fsp3) is 0.600. The fourth-order valence-corrected chi connectivity index (χ4v) is 1.28. The predicted molar refractivity (Wildman–Crippen MR) is 40.6 cm³/mol. The molecule has 0 aromatic carbocycles. The average molecular weight is 188 g/mol. The van der Waals surface area contributed by atoms with Crippen molar-refractivity contribution in [1.29, 1.82) is 0 Å². The molecule has 0 amide bonds. The number of hydrogen-bond donors (Lipinski definition) is 0. The minimum absolute atomic E-state index is 0. The van der Waals surface area contributed by atoms with Crippen LogP contribution in [0.15, 0.2) is 12.7 Å². The molecular weight excluding hydrogens is 179 g/mol. The van der Waals surface area contributed by atoms with E-state index in [4.69, 9.17) is 0 Å². The van der Waals surface area contributed by atoms with Gasteiger partial charge in [-0.2, -0.15) is 0 Å². The van der Waals surface area contributed by atoms with Gasteiger partial charge in [-0.25, -0.2) is 0 Å². The minimum Gasteiger partial charge on any atom is -0.769 e. The van der Waals surface area contributed by atoms with Crippen LogP contribution < -0.4 is 29.6 Å². The molecule has 0 N–H and O–H groups in total. The minimum atomic E-state index is -3.16. The Morgan fingerprint density at radius 1 is 1.70 bits per heavy atom. The van der Waals surface area contributed by atoms with Crippen LogP contribution in [0.1, 0.15) is 12.8 Å². The summed E-state index contributed by atoms with van der Waals surface area (Å²) in [6.07, 6.45) is 2.99. The van der Waals surface area contributed by atoms with Crippen LogP contribution in [0.4, 0.5) is 0 Å². The number of allylic oxidation sites excluding steroid dienone is 1. The van der Waals surface area contributed by atoms with Crippen LogP contribution in [0, 0.1) is 0 Å². The summed E-state index contributed by atoms with van der Waals surface area (Å²) in [5, 5.41) is 0. The van der Waals surface area contributed by atoms with Crippen LogP contribution in [0.5, 0.6) is 0 Å². The third-order valence-electron chi connectivity index (χ3n) is 0.803. The summed E-state index contributed by atoms with van der Waals surface area (Å²) < 4.78 is 20.6. The van der Waals surface area contributed by atoms with Gasteiger partial charge >= 0.3 is 29.6 Å². The number of unbranched alkanes of at least 4 members (excludes halogenated alkanes) is 1. The summed E-state index contributed by atoms with van der Waals surface area (Å²) in [7, 11) is -3.16. The van der Waals surface area contributed by atoms with E-state index in [0.717, 1.165) is 6.42 Å². The average Bonchev–Trinajstić information content (AvgIpc) is 1.63. The van der Waals surface area contributed by atoms with E-state index in [1.807, 2.05) is 0 Å². The molecule has 2 nitrogen and oxygen atoms in total. The van der Waals surface area contributed by atoms with Gasteiger partial charge in [0.05, 0.1) is 0 Å². The molecule has 0 saturated heterocycles. The molecule has 0 bridgehead atoms. The maximum absolute atomic E-state index is 10.3. The van der Waals surface area contributed by atoms with E-state index in [1.165, 1.54) is 0 Å². The molecule has 0 aromatic rings. The van der Waals surface area contributed by atoms with Crippen molar-refractivity contribution in [3.05, 3.63) is 12.7 Å². The van der Waals surface area contributed by atoms with Crippen LogP contribution in [-0.2, 0) is 20.0 Å². The third kappa shape index (κ3) is 11.8. The van der Waals surface area contributed by atoms with Gasteiger partial charge < -0.3 is 4.55 Å². The van der Waals surface area contributed by atoms with E-state index in [0.29, 0.717) is 6.42 Å². The van der Waals surface area contributed by atoms with Gasteiger partial charge in [-0.3, -0.25) is 4.21 Å². The van der Waals surface area contributed by atoms with Crippen molar-refractivity contribution in [3.63, 3.8) is 0 Å². The molecule has 1 unspecified atom stereocenters. The molecule has 1 atom stereocenters. The summed E-state index contributed by atoms with van der Waals surface area (Å²) in [5.41, 5.74) is 0. The van der Waals surface area contributed by atoms with Crippen LogP contribution >= 0.6 is 0 Å². The van der Waals surface area contributed by atoms with E-state index >= 15 is 0 Å². The van der Waals surface area contributed by atoms with Gasteiger partial charge in [-0.1, -0.05) is 6.08 Å². The first-order valence-electron chi connectivity index (χ1n) is 2.61. The zero-order valence-electron chi connectivity index (χ0n) is 6.04. The molecule has 0 spiro atoms. The third-order valence-corrected chi connectivity index (χ3v) is 2.09. The van der Waals surface area contributed by atoms with Crippen molar-refractivity contribution >= 4 is 20.0 Å². The first-order chi connectivity index (χ1) is 4.06. The van der Waals surface area contributed by atoms with Crippen molar-refractivity contribution in [2.45, 2.75) is 12.8 Å². The van der Waals surface area contributed by atoms with E-state index in [9.17, 15) is 8.76 Å². The Morgan fingerprint density at radius 2 is 2.20 bits per heavy atom. The monoisotopic (exact) mass is 188 g/mol. The first-order valence-corrected chi connectivity index (χ1v) is 5.18. The Kier molecular flexibility index (Phi) is 9.22. The van der Waals surface area contributed by atoms with Crippen molar-refractivity contribution in [3.8, 4) is 0 Å². The fourth-order valence-electron chi connectivity index (χ4n) is 0.404. The first kappa shape index (κ1) is 13.6. The second-order valence-electron chi connectivity index (χ2n) is 1.69. The molecule has 0 aliphatic carbocycles. The number of hydrogen-bond acceptors (Lipinski definition) is 3. The summed E-state index contributed by atoms with van der Waals surface area (Å²) in [5.74, 6) is 0.0916. The molecule has 10 heavy (non-hydrogen) atoms. The molecule has 54 valence electrons. The number of rotatable bonds is 4. The summed E-state index contributed by atoms with van der Waals surface area (Å²) >= 11 is 4.14. The molecular formula is C5H9NaO2S2. The zero-order valence-corrected chi connectivity index (χ0v) is 9.67. The van der Waals surface area contributed by atoms with Crippen LogP contribution in [0.3, 0.4) is 0 Å². The molecule has 0 aromatic heterocycles. The van der Waals surface area contributed by atoms with Crippen molar-refractivity contribution in [2.75, 3.05) is 5.75 Å². The second-order valence-corrected chi connectivity index (χ2v) is 4.74. The molecule has 0 aliphatic rings. The maximum Gasteiger partial charge on any atom is 1.00 e. The largest absolute Gasteiger partial charge is 1.00 e. The van der Waals surface area contributed by atoms with Crippen LogP contribution in [-0.4, -0.2) is 14.5 Å². The maximum atomic E-state index is 10.3. The molecule has 5 heteroatoms. The summed E-state index contributed by atoms with van der Waals surface area (Å²) in [4.78, 5) is 0. The molecule has 0 rings (SSSR count). The van der Waals surface area contributed by atoms with Crippen molar-refractivity contribution in [1.82, 2.24) is 0 Å². The van der Waals surface area contributed by atoms with E-state index in [2.05, 4.69) is 17.8 Å². The van der Waals surface area contributed by atoms with Gasteiger partial charge in [0, 0.05) is 5.75 Å². The van der Waals surface area contributed by atoms with E-state index in [1.54, 1.807) is 6.08 Å². The van der Waals surface area contributed by atoms with Crippen molar-refractivity contribution < 1.29 is 38.3 Å². The topological polar surface area (TPSA) is 40.1 Å². The van der Waals surface area contributed by atoms with E-state index in [-0.39, 0.29) is 35.3 Å². The standard InChI is InChI=1S/C5H10O2S2.Na/c1-2-3-4-5-9(6,7)8;/h2H,1,3-5H2,(H,6,7,8);/q;+1/p-1. The SMILES string of the molecule is C=CCCCS(=O)([O-])=S.[Na+]. The zero-order chi connectivity index (χ0) is 7.33. The van der Waals surface area contributed by atoms with Crippen LogP contribution in [0.25, 0.3) is 0 Å². The Labute approximate surface area is 88.9 Å². The Hall–Kier alpha value is 1.07. The van der Waals surface area contributed by atoms with E-state index < -0.39 is 8.77 Å². The molecule has 0 radical (unpaired) electrons. The van der Waals surface area contributed by atoms with Crippen molar-refractivity contribution in [2.24, 2.45) is 0 Å². The molecule has 0 saturated carbocycles.